The smallest absolute Gasteiger partial charge is 0.303 e. The summed E-state index contributed by atoms with van der Waals surface area (Å²) in [5.41, 5.74) is 0. The van der Waals surface area contributed by atoms with E-state index in [2.05, 4.69) is 0 Å². The number of aliphatic hydroxyl groups is 1. The molecule has 0 aromatic heterocycles. The predicted octanol–water partition coefficient (Wildman–Crippen LogP) is -0.923. The Morgan fingerprint density at radius 1 is 1.38 bits per heavy atom. The Balaban J connectivity index is 1.98. The van der Waals surface area contributed by atoms with E-state index in [-0.39, 0.29) is 30.9 Å². The van der Waals surface area contributed by atoms with Crippen LogP contribution >= 0.6 is 0 Å². The number of ether oxygens (including phenoxy) is 3. The number of fused-ring (bicyclic) bond motifs is 1. The molecule has 5 heteroatoms. The van der Waals surface area contributed by atoms with Gasteiger partial charge in [0.2, 0.25) is 0 Å². The van der Waals surface area contributed by atoms with Crippen LogP contribution in [0.4, 0.5) is 0 Å². The van der Waals surface area contributed by atoms with E-state index in [9.17, 15) is 9.90 Å². The van der Waals surface area contributed by atoms with Crippen molar-refractivity contribution in [3.05, 3.63) is 0 Å². The van der Waals surface area contributed by atoms with Gasteiger partial charge in [-0.3, -0.25) is 4.79 Å². The normalized spacial score (nSPS) is 43.2. The SMILES string of the molecule is CC(=O)O[C@H]1CO[C@@H]2C(O)CO[C@H]12. The van der Waals surface area contributed by atoms with Gasteiger partial charge in [0.25, 0.3) is 0 Å². The summed E-state index contributed by atoms with van der Waals surface area (Å²) in [6, 6.07) is 0. The minimum Gasteiger partial charge on any atom is -0.457 e. The maximum atomic E-state index is 10.7. The van der Waals surface area contributed by atoms with Crippen molar-refractivity contribution in [3.8, 4) is 0 Å². The topological polar surface area (TPSA) is 65.0 Å². The molecule has 74 valence electrons. The number of rotatable bonds is 1. The van der Waals surface area contributed by atoms with Crippen LogP contribution in [-0.2, 0) is 19.0 Å². The first kappa shape index (κ1) is 8.93. The largest absolute Gasteiger partial charge is 0.457 e. The quantitative estimate of drug-likeness (QED) is 0.539. The Bertz CT molecular complexity index is 217. The monoisotopic (exact) mass is 188 g/mol. The van der Waals surface area contributed by atoms with Crippen molar-refractivity contribution in [2.75, 3.05) is 13.2 Å². The fourth-order valence-corrected chi connectivity index (χ4v) is 1.76. The molecule has 2 fully saturated rings. The summed E-state index contributed by atoms with van der Waals surface area (Å²) in [5.74, 6) is -0.348. The summed E-state index contributed by atoms with van der Waals surface area (Å²) < 4.78 is 15.5. The van der Waals surface area contributed by atoms with E-state index in [0.29, 0.717) is 6.61 Å². The number of aliphatic hydroxyl groups excluding tert-OH is 1. The maximum Gasteiger partial charge on any atom is 0.303 e. The molecular formula is C8H12O5. The Morgan fingerprint density at radius 2 is 2.08 bits per heavy atom. The van der Waals surface area contributed by atoms with Crippen molar-refractivity contribution in [1.29, 1.82) is 0 Å². The molecule has 0 radical (unpaired) electrons. The first-order valence-electron chi connectivity index (χ1n) is 4.27. The van der Waals surface area contributed by atoms with Gasteiger partial charge in [-0.1, -0.05) is 0 Å². The molecule has 0 aromatic rings. The molecule has 2 saturated heterocycles. The molecule has 1 unspecified atom stereocenters. The van der Waals surface area contributed by atoms with E-state index in [1.807, 2.05) is 0 Å². The maximum absolute atomic E-state index is 10.7. The van der Waals surface area contributed by atoms with Gasteiger partial charge in [0.1, 0.15) is 18.3 Å². The fourth-order valence-electron chi connectivity index (χ4n) is 1.76. The number of carbonyl (C=O) groups excluding carboxylic acids is 1. The molecule has 13 heavy (non-hydrogen) atoms. The standard InChI is InChI=1S/C8H12O5/c1-4(9)13-6-3-12-7-5(10)2-11-8(6)7/h5-8,10H,2-3H2,1H3/t5?,6-,7+,8+/m0/s1. The molecule has 0 spiro atoms. The third-order valence-electron chi connectivity index (χ3n) is 2.30. The van der Waals surface area contributed by atoms with Crippen LogP contribution in [0.5, 0.6) is 0 Å². The van der Waals surface area contributed by atoms with E-state index in [0.717, 1.165) is 0 Å². The van der Waals surface area contributed by atoms with Crippen LogP contribution < -0.4 is 0 Å². The Morgan fingerprint density at radius 3 is 2.77 bits per heavy atom. The number of esters is 1. The zero-order chi connectivity index (χ0) is 9.42. The molecule has 4 atom stereocenters. The van der Waals surface area contributed by atoms with Crippen molar-refractivity contribution < 1.29 is 24.1 Å². The molecule has 0 amide bonds. The Hall–Kier alpha value is -0.650. The lowest BCUT2D eigenvalue weighted by molar-refractivity contribution is -0.151. The van der Waals surface area contributed by atoms with Gasteiger partial charge in [-0.05, 0) is 0 Å². The van der Waals surface area contributed by atoms with Crippen LogP contribution in [0.2, 0.25) is 0 Å². The first-order chi connectivity index (χ1) is 6.18. The molecule has 5 nitrogen and oxygen atoms in total. The molecule has 2 aliphatic rings. The van der Waals surface area contributed by atoms with Gasteiger partial charge >= 0.3 is 5.97 Å². The van der Waals surface area contributed by atoms with Crippen LogP contribution in [0.25, 0.3) is 0 Å². The Labute approximate surface area is 75.6 Å². The highest BCUT2D eigenvalue weighted by atomic mass is 16.6. The van der Waals surface area contributed by atoms with Gasteiger partial charge in [0.05, 0.1) is 13.2 Å². The van der Waals surface area contributed by atoms with E-state index < -0.39 is 6.10 Å². The van der Waals surface area contributed by atoms with Crippen LogP contribution in [0.1, 0.15) is 6.92 Å². The highest BCUT2D eigenvalue weighted by molar-refractivity contribution is 5.66. The molecule has 2 heterocycles. The zero-order valence-corrected chi connectivity index (χ0v) is 7.30. The van der Waals surface area contributed by atoms with Crippen LogP contribution in [0.3, 0.4) is 0 Å². The molecular weight excluding hydrogens is 176 g/mol. The van der Waals surface area contributed by atoms with Crippen molar-refractivity contribution in [2.24, 2.45) is 0 Å². The average Bonchev–Trinajstić information content (AvgIpc) is 2.56. The van der Waals surface area contributed by atoms with Crippen LogP contribution in [0.15, 0.2) is 0 Å². The number of carbonyl (C=O) groups is 1. The summed E-state index contributed by atoms with van der Waals surface area (Å²) in [6.07, 6.45) is -1.58. The summed E-state index contributed by atoms with van der Waals surface area (Å²) in [7, 11) is 0. The average molecular weight is 188 g/mol. The van der Waals surface area contributed by atoms with Gasteiger partial charge in [-0.2, -0.15) is 0 Å². The molecule has 2 rings (SSSR count). The van der Waals surface area contributed by atoms with Crippen LogP contribution in [0, 0.1) is 0 Å². The van der Waals surface area contributed by atoms with Crippen molar-refractivity contribution in [3.63, 3.8) is 0 Å². The van der Waals surface area contributed by atoms with Gasteiger partial charge in [-0.15, -0.1) is 0 Å². The minimum absolute atomic E-state index is 0.257. The zero-order valence-electron chi connectivity index (χ0n) is 7.30. The van der Waals surface area contributed by atoms with Crippen molar-refractivity contribution in [2.45, 2.75) is 31.3 Å². The second-order valence-corrected chi connectivity index (χ2v) is 3.31. The van der Waals surface area contributed by atoms with Gasteiger partial charge in [0.15, 0.2) is 6.10 Å². The molecule has 0 bridgehead atoms. The van der Waals surface area contributed by atoms with Crippen LogP contribution in [-0.4, -0.2) is 48.7 Å². The summed E-state index contributed by atoms with van der Waals surface area (Å²) in [4.78, 5) is 10.7. The predicted molar refractivity (Wildman–Crippen MR) is 41.0 cm³/mol. The molecule has 0 aliphatic carbocycles. The third-order valence-corrected chi connectivity index (χ3v) is 2.30. The second-order valence-electron chi connectivity index (χ2n) is 3.31. The van der Waals surface area contributed by atoms with E-state index >= 15 is 0 Å². The Kier molecular flexibility index (Phi) is 2.23. The van der Waals surface area contributed by atoms with E-state index in [1.54, 1.807) is 0 Å². The van der Waals surface area contributed by atoms with Gasteiger partial charge in [-0.25, -0.2) is 0 Å². The summed E-state index contributed by atoms with van der Waals surface area (Å²) in [5, 5.41) is 9.36. The van der Waals surface area contributed by atoms with E-state index in [4.69, 9.17) is 14.2 Å². The lowest BCUT2D eigenvalue weighted by Crippen LogP contribution is -2.33. The molecule has 1 N–H and O–H groups in total. The molecule has 0 saturated carbocycles. The molecule has 0 aromatic carbocycles. The lowest BCUT2D eigenvalue weighted by Gasteiger charge is -2.14. The van der Waals surface area contributed by atoms with Gasteiger partial charge < -0.3 is 19.3 Å². The number of hydrogen-bond donors (Lipinski definition) is 1. The highest BCUT2D eigenvalue weighted by Crippen LogP contribution is 2.28. The van der Waals surface area contributed by atoms with Gasteiger partial charge in [0, 0.05) is 6.92 Å². The fraction of sp³-hybridized carbons (Fsp3) is 0.875. The third kappa shape index (κ3) is 1.54. The highest BCUT2D eigenvalue weighted by Gasteiger charge is 2.48. The second kappa shape index (κ2) is 3.25. The minimum atomic E-state index is -0.592. The molecule has 2 aliphatic heterocycles. The van der Waals surface area contributed by atoms with Crippen molar-refractivity contribution in [1.82, 2.24) is 0 Å². The van der Waals surface area contributed by atoms with E-state index in [1.165, 1.54) is 6.92 Å². The lowest BCUT2D eigenvalue weighted by atomic mass is 10.1. The van der Waals surface area contributed by atoms with Crippen molar-refractivity contribution >= 4 is 5.97 Å². The summed E-state index contributed by atoms with van der Waals surface area (Å²) >= 11 is 0. The summed E-state index contributed by atoms with van der Waals surface area (Å²) in [6.45, 7) is 1.91. The number of hydrogen-bond acceptors (Lipinski definition) is 5. The first-order valence-corrected chi connectivity index (χ1v) is 4.27.